The van der Waals surface area contributed by atoms with Crippen LogP contribution in [0.4, 0.5) is 13.2 Å². The van der Waals surface area contributed by atoms with Crippen LogP contribution in [0.5, 0.6) is 0 Å². The van der Waals surface area contributed by atoms with Crippen LogP contribution in [0.2, 0.25) is 0 Å². The third-order valence-corrected chi connectivity index (χ3v) is 4.30. The molecule has 0 N–H and O–H groups in total. The number of sulfone groups is 1. The summed E-state index contributed by atoms with van der Waals surface area (Å²) in [5, 5.41) is -1.16. The maximum atomic E-state index is 12.3. The highest BCUT2D eigenvalue weighted by molar-refractivity contribution is 7.92. The fraction of sp³-hybridized carbons (Fsp3) is 0.417. The van der Waals surface area contributed by atoms with Gasteiger partial charge >= 0.3 is 6.18 Å². The Kier molecular flexibility index (Phi) is 4.39. The molecule has 1 atom stereocenters. The highest BCUT2D eigenvalue weighted by Gasteiger charge is 2.30. The van der Waals surface area contributed by atoms with Gasteiger partial charge in [0.1, 0.15) is 5.25 Å². The lowest BCUT2D eigenvalue weighted by Crippen LogP contribution is -2.27. The highest BCUT2D eigenvalue weighted by atomic mass is 32.2. The molecule has 0 aliphatic rings. The summed E-state index contributed by atoms with van der Waals surface area (Å²) in [6, 6.07) is 4.09. The molecule has 0 amide bonds. The Morgan fingerprint density at radius 1 is 1.21 bits per heavy atom. The number of rotatable bonds is 4. The van der Waals surface area contributed by atoms with Gasteiger partial charge in [0.25, 0.3) is 0 Å². The molecule has 1 rings (SSSR count). The minimum atomic E-state index is -4.43. The normalized spacial score (nSPS) is 14.2. The Bertz CT molecular complexity index is 559. The zero-order valence-electron chi connectivity index (χ0n) is 10.4. The Morgan fingerprint density at radius 3 is 2.05 bits per heavy atom. The van der Waals surface area contributed by atoms with Crippen molar-refractivity contribution in [2.75, 3.05) is 6.26 Å². The van der Waals surface area contributed by atoms with E-state index in [1.165, 1.54) is 19.1 Å². The smallest absolute Gasteiger partial charge is 0.298 e. The second-order valence-electron chi connectivity index (χ2n) is 4.31. The van der Waals surface area contributed by atoms with Crippen molar-refractivity contribution in [3.63, 3.8) is 0 Å². The molecule has 0 heterocycles. The zero-order chi connectivity index (χ0) is 14.8. The van der Waals surface area contributed by atoms with E-state index in [-0.39, 0.29) is 6.42 Å². The predicted octanol–water partition coefficient (Wildman–Crippen LogP) is 2.25. The van der Waals surface area contributed by atoms with Crippen molar-refractivity contribution in [2.24, 2.45) is 0 Å². The molecular weight excluding hydrogens is 281 g/mol. The average molecular weight is 294 g/mol. The van der Waals surface area contributed by atoms with Gasteiger partial charge in [-0.25, -0.2) is 8.42 Å². The van der Waals surface area contributed by atoms with Crippen molar-refractivity contribution < 1.29 is 26.4 Å². The Labute approximate surface area is 109 Å². The number of halogens is 3. The third kappa shape index (κ3) is 4.34. The van der Waals surface area contributed by atoms with Crippen molar-refractivity contribution in [2.45, 2.75) is 24.8 Å². The van der Waals surface area contributed by atoms with E-state index >= 15 is 0 Å². The fourth-order valence-electron chi connectivity index (χ4n) is 1.40. The van der Waals surface area contributed by atoms with Crippen LogP contribution in [0.25, 0.3) is 0 Å². The summed E-state index contributed by atoms with van der Waals surface area (Å²) in [5.74, 6) is -0.540. The van der Waals surface area contributed by atoms with Gasteiger partial charge in [0.15, 0.2) is 15.6 Å². The third-order valence-electron chi connectivity index (χ3n) is 2.76. The van der Waals surface area contributed by atoms with Gasteiger partial charge in [-0.15, -0.1) is 0 Å². The number of hydrogen-bond donors (Lipinski definition) is 0. The van der Waals surface area contributed by atoms with Gasteiger partial charge in [0.05, 0.1) is 5.56 Å². The van der Waals surface area contributed by atoms with Crippen LogP contribution in [-0.2, 0) is 27.2 Å². The molecule has 106 valence electrons. The summed E-state index contributed by atoms with van der Waals surface area (Å²) in [4.78, 5) is 11.6. The van der Waals surface area contributed by atoms with Crippen LogP contribution >= 0.6 is 0 Å². The van der Waals surface area contributed by atoms with Crippen molar-refractivity contribution in [1.82, 2.24) is 0 Å². The molecule has 7 heteroatoms. The summed E-state index contributed by atoms with van der Waals surface area (Å²) in [6.45, 7) is 1.27. The number of hydrogen-bond acceptors (Lipinski definition) is 3. The predicted molar refractivity (Wildman–Crippen MR) is 64.5 cm³/mol. The monoisotopic (exact) mass is 294 g/mol. The molecule has 19 heavy (non-hydrogen) atoms. The van der Waals surface area contributed by atoms with Crippen molar-refractivity contribution in [3.05, 3.63) is 35.4 Å². The molecule has 0 spiro atoms. The maximum absolute atomic E-state index is 12.3. The molecule has 0 radical (unpaired) electrons. The quantitative estimate of drug-likeness (QED) is 0.856. The van der Waals surface area contributed by atoms with Crippen LogP contribution < -0.4 is 0 Å². The minimum Gasteiger partial charge on any atom is -0.298 e. The van der Waals surface area contributed by atoms with E-state index in [4.69, 9.17) is 0 Å². The molecule has 0 aromatic heterocycles. The van der Waals surface area contributed by atoms with Gasteiger partial charge < -0.3 is 0 Å². The lowest BCUT2D eigenvalue weighted by atomic mass is 10.1. The molecular formula is C12H13F3O3S. The summed E-state index contributed by atoms with van der Waals surface area (Å²) >= 11 is 0. The molecule has 1 unspecified atom stereocenters. The van der Waals surface area contributed by atoms with Gasteiger partial charge in [-0.3, -0.25) is 4.79 Å². The van der Waals surface area contributed by atoms with E-state index < -0.39 is 32.6 Å². The van der Waals surface area contributed by atoms with Gasteiger partial charge in [-0.05, 0) is 24.6 Å². The topological polar surface area (TPSA) is 51.2 Å². The lowest BCUT2D eigenvalue weighted by Gasteiger charge is -2.10. The second kappa shape index (κ2) is 5.32. The van der Waals surface area contributed by atoms with E-state index in [1.807, 2.05) is 0 Å². The number of benzene rings is 1. The van der Waals surface area contributed by atoms with E-state index in [0.29, 0.717) is 5.56 Å². The van der Waals surface area contributed by atoms with Gasteiger partial charge in [-0.2, -0.15) is 13.2 Å². The zero-order valence-corrected chi connectivity index (χ0v) is 11.2. The van der Waals surface area contributed by atoms with Crippen LogP contribution in [0.1, 0.15) is 18.1 Å². The van der Waals surface area contributed by atoms with Crippen LogP contribution in [0.15, 0.2) is 24.3 Å². The van der Waals surface area contributed by atoms with Gasteiger partial charge in [0, 0.05) is 12.7 Å². The summed E-state index contributed by atoms with van der Waals surface area (Å²) in [7, 11) is -3.48. The van der Waals surface area contributed by atoms with Crippen molar-refractivity contribution in [3.8, 4) is 0 Å². The molecule has 0 saturated carbocycles. The molecule has 0 aliphatic carbocycles. The van der Waals surface area contributed by atoms with Crippen LogP contribution in [0.3, 0.4) is 0 Å². The first-order valence-electron chi connectivity index (χ1n) is 5.39. The average Bonchev–Trinajstić information content (AvgIpc) is 2.26. The molecule has 1 aromatic carbocycles. The number of carbonyl (C=O) groups excluding carboxylic acids is 1. The number of ketones is 1. The van der Waals surface area contributed by atoms with Crippen LogP contribution in [0, 0.1) is 0 Å². The van der Waals surface area contributed by atoms with Crippen LogP contribution in [-0.4, -0.2) is 25.7 Å². The number of alkyl halides is 3. The molecule has 3 nitrogen and oxygen atoms in total. The molecule has 0 aliphatic heterocycles. The van der Waals surface area contributed by atoms with E-state index in [2.05, 4.69) is 0 Å². The molecule has 1 aromatic rings. The standard InChI is InChI=1S/C12H13F3O3S/c1-8(19(2,17)18)11(16)7-9-3-5-10(6-4-9)12(13,14)15/h3-6,8H,7H2,1-2H3. The highest BCUT2D eigenvalue weighted by Crippen LogP contribution is 2.29. The fourth-order valence-corrected chi connectivity index (χ4v) is 1.96. The Balaban J connectivity index is 2.82. The van der Waals surface area contributed by atoms with E-state index in [9.17, 15) is 26.4 Å². The molecule has 0 fully saturated rings. The van der Waals surface area contributed by atoms with Crippen molar-refractivity contribution in [1.29, 1.82) is 0 Å². The molecule has 0 saturated heterocycles. The largest absolute Gasteiger partial charge is 0.416 e. The number of Topliss-reactive ketones (excluding diaryl/α,β-unsaturated/α-hetero) is 1. The number of carbonyl (C=O) groups is 1. The van der Waals surface area contributed by atoms with E-state index in [1.54, 1.807) is 0 Å². The Morgan fingerprint density at radius 2 is 1.68 bits per heavy atom. The van der Waals surface area contributed by atoms with Gasteiger partial charge in [0.2, 0.25) is 0 Å². The summed E-state index contributed by atoms with van der Waals surface area (Å²) in [5.41, 5.74) is -0.451. The SMILES string of the molecule is CC(C(=O)Cc1ccc(C(F)(F)F)cc1)S(C)(=O)=O. The summed E-state index contributed by atoms with van der Waals surface area (Å²) < 4.78 is 59.3. The summed E-state index contributed by atoms with van der Waals surface area (Å²) in [6.07, 6.45) is -3.68. The first kappa shape index (κ1) is 15.7. The van der Waals surface area contributed by atoms with Crippen molar-refractivity contribution >= 4 is 15.6 Å². The van der Waals surface area contributed by atoms with E-state index in [0.717, 1.165) is 18.4 Å². The van der Waals surface area contributed by atoms with Gasteiger partial charge in [-0.1, -0.05) is 12.1 Å². The Hall–Kier alpha value is -1.37. The maximum Gasteiger partial charge on any atom is 0.416 e. The lowest BCUT2D eigenvalue weighted by molar-refractivity contribution is -0.137. The first-order chi connectivity index (χ1) is 8.51. The minimum absolute atomic E-state index is 0.202. The first-order valence-corrected chi connectivity index (χ1v) is 7.35. The molecule has 0 bridgehead atoms. The second-order valence-corrected chi connectivity index (χ2v) is 6.68.